The molecule has 1 amide bonds. The Kier molecular flexibility index (Phi) is 4.78. The van der Waals surface area contributed by atoms with Gasteiger partial charge in [0.2, 0.25) is 5.91 Å². The van der Waals surface area contributed by atoms with E-state index >= 15 is 0 Å². The highest BCUT2D eigenvalue weighted by Crippen LogP contribution is 2.28. The van der Waals surface area contributed by atoms with E-state index in [0.717, 1.165) is 3.57 Å². The van der Waals surface area contributed by atoms with Crippen LogP contribution in [-0.2, 0) is 23.9 Å². The molecule has 7 nitrogen and oxygen atoms in total. The van der Waals surface area contributed by atoms with Gasteiger partial charge in [-0.2, -0.15) is 0 Å². The number of hydrogen-bond acceptors (Lipinski definition) is 5. The Labute approximate surface area is 133 Å². The number of halogens is 1. The molecule has 1 atom stereocenters. The SMILES string of the molecule is O=C(O)CC1(CC(=O)Nc2ccc(I)cc2)OCOC1=O. The van der Waals surface area contributed by atoms with E-state index in [1.165, 1.54) is 0 Å². The van der Waals surface area contributed by atoms with Crippen LogP contribution in [0.15, 0.2) is 24.3 Å². The van der Waals surface area contributed by atoms with Gasteiger partial charge in [0.15, 0.2) is 12.4 Å². The van der Waals surface area contributed by atoms with Crippen molar-refractivity contribution in [3.8, 4) is 0 Å². The average molecular weight is 405 g/mol. The summed E-state index contributed by atoms with van der Waals surface area (Å²) < 4.78 is 10.7. The maximum atomic E-state index is 12.0. The normalized spacial score (nSPS) is 20.9. The van der Waals surface area contributed by atoms with E-state index in [9.17, 15) is 14.4 Å². The number of aliphatic carboxylic acids is 1. The third-order valence-corrected chi connectivity index (χ3v) is 3.63. The fraction of sp³-hybridized carbons (Fsp3) is 0.308. The van der Waals surface area contributed by atoms with E-state index < -0.39 is 36.3 Å². The Balaban J connectivity index is 2.06. The van der Waals surface area contributed by atoms with Gasteiger partial charge < -0.3 is 19.9 Å². The molecule has 1 fully saturated rings. The van der Waals surface area contributed by atoms with Gasteiger partial charge in [-0.3, -0.25) is 9.59 Å². The molecule has 1 aliphatic rings. The molecule has 0 radical (unpaired) electrons. The summed E-state index contributed by atoms with van der Waals surface area (Å²) in [5.41, 5.74) is -1.20. The summed E-state index contributed by atoms with van der Waals surface area (Å²) in [7, 11) is 0. The Morgan fingerprint density at radius 3 is 2.48 bits per heavy atom. The standard InChI is InChI=1S/C13H12INO6/c14-8-1-3-9(4-2-8)15-10(16)5-13(6-11(17)18)12(19)20-7-21-13/h1-4H,5-7H2,(H,15,16)(H,17,18). The van der Waals surface area contributed by atoms with Gasteiger partial charge in [-0.15, -0.1) is 0 Å². The first kappa shape index (κ1) is 15.7. The van der Waals surface area contributed by atoms with Gasteiger partial charge in [0.1, 0.15) is 0 Å². The van der Waals surface area contributed by atoms with Crippen LogP contribution in [0, 0.1) is 3.57 Å². The van der Waals surface area contributed by atoms with Gasteiger partial charge in [0, 0.05) is 9.26 Å². The Bertz CT molecular complexity index is 573. The number of cyclic esters (lactones) is 1. The molecule has 0 aliphatic carbocycles. The van der Waals surface area contributed by atoms with Crippen LogP contribution in [-0.4, -0.2) is 35.3 Å². The van der Waals surface area contributed by atoms with E-state index in [2.05, 4.69) is 32.6 Å². The van der Waals surface area contributed by atoms with Crippen molar-refractivity contribution in [3.63, 3.8) is 0 Å². The van der Waals surface area contributed by atoms with Gasteiger partial charge in [-0.1, -0.05) is 0 Å². The van der Waals surface area contributed by atoms with E-state index in [-0.39, 0.29) is 6.79 Å². The molecular weight excluding hydrogens is 393 g/mol. The monoisotopic (exact) mass is 405 g/mol. The third-order valence-electron chi connectivity index (χ3n) is 2.91. The van der Waals surface area contributed by atoms with Crippen LogP contribution in [0.3, 0.4) is 0 Å². The lowest BCUT2D eigenvalue weighted by Gasteiger charge is -2.20. The molecule has 2 rings (SSSR count). The number of nitrogens with one attached hydrogen (secondary N) is 1. The van der Waals surface area contributed by atoms with Crippen molar-refractivity contribution in [2.24, 2.45) is 0 Å². The zero-order chi connectivity index (χ0) is 15.5. The van der Waals surface area contributed by atoms with E-state index in [4.69, 9.17) is 9.84 Å². The summed E-state index contributed by atoms with van der Waals surface area (Å²) in [6, 6.07) is 7.03. The Morgan fingerprint density at radius 2 is 1.95 bits per heavy atom. The van der Waals surface area contributed by atoms with Gasteiger partial charge in [0.05, 0.1) is 12.8 Å². The lowest BCUT2D eigenvalue weighted by molar-refractivity contribution is -0.154. The zero-order valence-electron chi connectivity index (χ0n) is 10.8. The van der Waals surface area contributed by atoms with E-state index in [1.807, 2.05) is 12.1 Å². The molecule has 1 heterocycles. The molecule has 2 N–H and O–H groups in total. The highest BCUT2D eigenvalue weighted by Gasteiger charge is 2.49. The molecule has 1 aromatic carbocycles. The minimum absolute atomic E-state index is 0.344. The largest absolute Gasteiger partial charge is 0.481 e. The average Bonchev–Trinajstić information content (AvgIpc) is 2.72. The van der Waals surface area contributed by atoms with Crippen molar-refractivity contribution in [2.75, 3.05) is 12.1 Å². The Hall–Kier alpha value is -1.68. The lowest BCUT2D eigenvalue weighted by atomic mass is 9.95. The van der Waals surface area contributed by atoms with Crippen LogP contribution in [0.5, 0.6) is 0 Å². The van der Waals surface area contributed by atoms with Crippen LogP contribution in [0.25, 0.3) is 0 Å². The zero-order valence-corrected chi connectivity index (χ0v) is 13.0. The number of carbonyl (C=O) groups excluding carboxylic acids is 2. The molecule has 112 valence electrons. The number of amides is 1. The van der Waals surface area contributed by atoms with Crippen molar-refractivity contribution in [1.29, 1.82) is 0 Å². The molecule has 1 aromatic rings. The van der Waals surface area contributed by atoms with Crippen molar-refractivity contribution >= 4 is 46.1 Å². The van der Waals surface area contributed by atoms with Crippen molar-refractivity contribution in [3.05, 3.63) is 27.8 Å². The van der Waals surface area contributed by atoms with Crippen molar-refractivity contribution < 1.29 is 29.0 Å². The number of benzene rings is 1. The van der Waals surface area contributed by atoms with Gasteiger partial charge in [-0.05, 0) is 46.9 Å². The third kappa shape index (κ3) is 3.91. The molecule has 1 saturated heterocycles. The molecule has 0 saturated carbocycles. The minimum Gasteiger partial charge on any atom is -0.481 e. The lowest BCUT2D eigenvalue weighted by Crippen LogP contribution is -2.42. The van der Waals surface area contributed by atoms with Crippen LogP contribution in [0.1, 0.15) is 12.8 Å². The molecule has 8 heteroatoms. The summed E-state index contributed by atoms with van der Waals surface area (Å²) in [5, 5.41) is 11.5. The second kappa shape index (κ2) is 6.39. The van der Waals surface area contributed by atoms with Crippen molar-refractivity contribution in [1.82, 2.24) is 0 Å². The van der Waals surface area contributed by atoms with Gasteiger partial charge in [-0.25, -0.2) is 4.79 Å². The first-order valence-corrected chi connectivity index (χ1v) is 7.07. The summed E-state index contributed by atoms with van der Waals surface area (Å²) in [5.74, 6) is -2.59. The molecule has 0 bridgehead atoms. The maximum Gasteiger partial charge on any atom is 0.341 e. The summed E-state index contributed by atoms with van der Waals surface area (Å²) in [6.45, 7) is -0.344. The predicted molar refractivity (Wildman–Crippen MR) is 79.4 cm³/mol. The number of ether oxygens (including phenoxy) is 2. The Morgan fingerprint density at radius 1 is 1.29 bits per heavy atom. The van der Waals surface area contributed by atoms with E-state index in [1.54, 1.807) is 12.1 Å². The fourth-order valence-corrected chi connectivity index (χ4v) is 2.30. The highest BCUT2D eigenvalue weighted by molar-refractivity contribution is 14.1. The number of esters is 1. The number of carbonyl (C=O) groups is 3. The number of hydrogen-bond donors (Lipinski definition) is 2. The summed E-state index contributed by atoms with van der Waals surface area (Å²) in [4.78, 5) is 34.5. The van der Waals surface area contributed by atoms with Crippen LogP contribution in [0.2, 0.25) is 0 Å². The topological polar surface area (TPSA) is 102 Å². The van der Waals surface area contributed by atoms with Gasteiger partial charge in [0.25, 0.3) is 0 Å². The van der Waals surface area contributed by atoms with Crippen molar-refractivity contribution in [2.45, 2.75) is 18.4 Å². The van der Waals surface area contributed by atoms with Gasteiger partial charge >= 0.3 is 11.9 Å². The molecule has 21 heavy (non-hydrogen) atoms. The highest BCUT2D eigenvalue weighted by atomic mass is 127. The maximum absolute atomic E-state index is 12.0. The molecule has 1 unspecified atom stereocenters. The quantitative estimate of drug-likeness (QED) is 0.567. The fourth-order valence-electron chi connectivity index (χ4n) is 1.94. The summed E-state index contributed by atoms with van der Waals surface area (Å²) >= 11 is 2.13. The van der Waals surface area contributed by atoms with Crippen LogP contribution >= 0.6 is 22.6 Å². The van der Waals surface area contributed by atoms with E-state index in [0.29, 0.717) is 5.69 Å². The smallest absolute Gasteiger partial charge is 0.341 e. The second-order valence-corrected chi connectivity index (χ2v) is 5.74. The molecule has 1 aliphatic heterocycles. The summed E-state index contributed by atoms with van der Waals surface area (Å²) in [6.07, 6.45) is -1.03. The second-order valence-electron chi connectivity index (χ2n) is 4.49. The molecule has 0 aromatic heterocycles. The number of carboxylic acid groups (broad SMARTS) is 1. The minimum atomic E-state index is -1.75. The van der Waals surface area contributed by atoms with Crippen LogP contribution in [0.4, 0.5) is 5.69 Å². The number of anilines is 1. The van der Waals surface area contributed by atoms with Crippen LogP contribution < -0.4 is 5.32 Å². The molecule has 0 spiro atoms. The first-order valence-electron chi connectivity index (χ1n) is 6.00. The molecular formula is C13H12INO6. The number of carboxylic acids is 1. The predicted octanol–water partition coefficient (Wildman–Crippen LogP) is 1.36. The first-order chi connectivity index (χ1) is 9.91. The number of rotatable bonds is 5.